The van der Waals surface area contributed by atoms with Crippen LogP contribution in [0.25, 0.3) is 0 Å². The minimum Gasteiger partial charge on any atom is -0.351 e. The first-order chi connectivity index (χ1) is 10.8. The van der Waals surface area contributed by atoms with Crippen molar-refractivity contribution >= 4 is 44.2 Å². The molecule has 0 saturated carbocycles. The molecule has 9 heteroatoms. The summed E-state index contributed by atoms with van der Waals surface area (Å²) in [4.78, 5) is 11.8. The van der Waals surface area contributed by atoms with E-state index >= 15 is 0 Å². The molecule has 0 radical (unpaired) electrons. The first-order valence-corrected chi connectivity index (χ1v) is 8.46. The standard InChI is InChI=1S/C14H16BrFN4O2S/c1-19(2)23(22)18-13-8-20(3)14(21)7-12(13)17-11-5-4-9(15)6-10(11)16/h4-8,17-18H,1-3H3. The van der Waals surface area contributed by atoms with E-state index in [1.54, 1.807) is 33.3 Å². The molecule has 2 aromatic rings. The van der Waals surface area contributed by atoms with E-state index in [9.17, 15) is 13.4 Å². The third kappa shape index (κ3) is 4.40. The molecule has 0 fully saturated rings. The normalized spacial score (nSPS) is 12.3. The molecule has 6 nitrogen and oxygen atoms in total. The fraction of sp³-hybridized carbons (Fsp3) is 0.214. The van der Waals surface area contributed by atoms with Crippen molar-refractivity contribution < 1.29 is 8.60 Å². The van der Waals surface area contributed by atoms with E-state index in [4.69, 9.17) is 0 Å². The van der Waals surface area contributed by atoms with E-state index in [0.29, 0.717) is 15.8 Å². The highest BCUT2D eigenvalue weighted by Crippen LogP contribution is 2.27. The molecule has 1 aromatic heterocycles. The molecule has 0 saturated heterocycles. The van der Waals surface area contributed by atoms with Crippen LogP contribution >= 0.6 is 15.9 Å². The maximum atomic E-state index is 14.0. The Morgan fingerprint density at radius 1 is 1.22 bits per heavy atom. The zero-order chi connectivity index (χ0) is 17.1. The average Bonchev–Trinajstić information content (AvgIpc) is 2.46. The number of aromatic nitrogens is 1. The zero-order valence-corrected chi connectivity index (χ0v) is 15.2. The van der Waals surface area contributed by atoms with Crippen LogP contribution in [-0.2, 0) is 18.2 Å². The summed E-state index contributed by atoms with van der Waals surface area (Å²) in [5, 5.41) is 2.86. The summed E-state index contributed by atoms with van der Waals surface area (Å²) in [6.07, 6.45) is 1.50. The third-order valence-corrected chi connectivity index (χ3v) is 4.51. The molecule has 0 aliphatic rings. The Morgan fingerprint density at radius 2 is 1.91 bits per heavy atom. The Balaban J connectivity index is 2.41. The quantitative estimate of drug-likeness (QED) is 0.807. The van der Waals surface area contributed by atoms with E-state index in [1.165, 1.54) is 27.2 Å². The second-order valence-electron chi connectivity index (χ2n) is 4.96. The molecule has 23 heavy (non-hydrogen) atoms. The fourth-order valence-electron chi connectivity index (χ4n) is 1.74. The molecule has 0 aliphatic heterocycles. The zero-order valence-electron chi connectivity index (χ0n) is 12.8. The summed E-state index contributed by atoms with van der Waals surface area (Å²) < 4.78 is 32.1. The van der Waals surface area contributed by atoms with Crippen LogP contribution in [-0.4, -0.2) is 27.2 Å². The number of anilines is 3. The number of nitrogens with one attached hydrogen (secondary N) is 2. The largest absolute Gasteiger partial charge is 0.351 e. The van der Waals surface area contributed by atoms with Crippen LogP contribution in [0.4, 0.5) is 21.5 Å². The predicted molar refractivity (Wildman–Crippen MR) is 94.5 cm³/mol. The number of benzene rings is 1. The molecule has 0 aliphatic carbocycles. The van der Waals surface area contributed by atoms with Crippen molar-refractivity contribution in [2.24, 2.45) is 7.05 Å². The Bertz CT molecular complexity index is 810. The van der Waals surface area contributed by atoms with Gasteiger partial charge in [-0.1, -0.05) is 15.9 Å². The molecular weight excluding hydrogens is 387 g/mol. The Labute approximate surface area is 144 Å². The van der Waals surface area contributed by atoms with Crippen LogP contribution in [0.1, 0.15) is 0 Å². The van der Waals surface area contributed by atoms with E-state index in [-0.39, 0.29) is 11.2 Å². The Kier molecular flexibility index (Phi) is 5.55. The van der Waals surface area contributed by atoms with Crippen LogP contribution < -0.4 is 15.6 Å². The maximum absolute atomic E-state index is 14.0. The topological polar surface area (TPSA) is 66.4 Å². The van der Waals surface area contributed by atoms with Gasteiger partial charge in [-0.2, -0.15) is 0 Å². The van der Waals surface area contributed by atoms with Crippen molar-refractivity contribution in [1.82, 2.24) is 8.87 Å². The van der Waals surface area contributed by atoms with Gasteiger partial charge in [0.05, 0.1) is 17.1 Å². The van der Waals surface area contributed by atoms with Gasteiger partial charge in [-0.15, -0.1) is 0 Å². The molecule has 1 unspecified atom stereocenters. The molecule has 1 heterocycles. The number of hydrogen-bond acceptors (Lipinski definition) is 3. The number of pyridine rings is 1. The highest BCUT2D eigenvalue weighted by atomic mass is 79.9. The van der Waals surface area contributed by atoms with Crippen molar-refractivity contribution in [3.8, 4) is 0 Å². The minimum atomic E-state index is -1.49. The number of rotatable bonds is 5. The number of aryl methyl sites for hydroxylation is 1. The molecule has 0 spiro atoms. The molecule has 0 bridgehead atoms. The smallest absolute Gasteiger partial charge is 0.252 e. The van der Waals surface area contributed by atoms with Gasteiger partial charge in [-0.3, -0.25) is 9.52 Å². The second-order valence-corrected chi connectivity index (χ2v) is 7.31. The average molecular weight is 403 g/mol. The third-order valence-electron chi connectivity index (χ3n) is 2.96. The van der Waals surface area contributed by atoms with Crippen LogP contribution in [0.3, 0.4) is 0 Å². The number of halogens is 2. The van der Waals surface area contributed by atoms with Gasteiger partial charge in [0.1, 0.15) is 5.82 Å². The van der Waals surface area contributed by atoms with Crippen molar-refractivity contribution in [1.29, 1.82) is 0 Å². The summed E-state index contributed by atoms with van der Waals surface area (Å²) in [6.45, 7) is 0. The maximum Gasteiger partial charge on any atom is 0.252 e. The highest BCUT2D eigenvalue weighted by molar-refractivity contribution is 9.10. The Morgan fingerprint density at radius 3 is 2.52 bits per heavy atom. The van der Waals surface area contributed by atoms with E-state index in [0.717, 1.165) is 0 Å². The van der Waals surface area contributed by atoms with Crippen LogP contribution in [0.2, 0.25) is 0 Å². The summed E-state index contributed by atoms with van der Waals surface area (Å²) in [6, 6.07) is 5.85. The van der Waals surface area contributed by atoms with Gasteiger partial charge < -0.3 is 9.88 Å². The molecule has 2 rings (SSSR count). The summed E-state index contributed by atoms with van der Waals surface area (Å²) in [5.41, 5.74) is 0.692. The monoisotopic (exact) mass is 402 g/mol. The van der Waals surface area contributed by atoms with Gasteiger partial charge >= 0.3 is 0 Å². The van der Waals surface area contributed by atoms with Crippen LogP contribution in [0, 0.1) is 5.82 Å². The van der Waals surface area contributed by atoms with Crippen molar-refractivity contribution in [2.75, 3.05) is 24.1 Å². The lowest BCUT2D eigenvalue weighted by molar-refractivity contribution is 0.607. The highest BCUT2D eigenvalue weighted by Gasteiger charge is 2.12. The van der Waals surface area contributed by atoms with Crippen molar-refractivity contribution in [3.63, 3.8) is 0 Å². The molecule has 124 valence electrons. The first-order valence-electron chi connectivity index (χ1n) is 6.56. The van der Waals surface area contributed by atoms with E-state index in [1.807, 2.05) is 0 Å². The molecule has 1 atom stereocenters. The number of hydrogen-bond donors (Lipinski definition) is 2. The van der Waals surface area contributed by atoms with Crippen molar-refractivity contribution in [2.45, 2.75) is 0 Å². The molecular formula is C14H16BrFN4O2S. The summed E-state index contributed by atoms with van der Waals surface area (Å²) in [7, 11) is 4.87. The number of nitrogens with zero attached hydrogens (tertiary/aromatic N) is 2. The van der Waals surface area contributed by atoms with Gasteiger partial charge in [0.15, 0.2) is 11.2 Å². The van der Waals surface area contributed by atoms with Gasteiger partial charge in [0.2, 0.25) is 0 Å². The predicted octanol–water partition coefficient (Wildman–Crippen LogP) is 2.58. The lowest BCUT2D eigenvalue weighted by Crippen LogP contribution is -2.24. The first kappa shape index (κ1) is 17.6. The van der Waals surface area contributed by atoms with E-state index < -0.39 is 17.0 Å². The lowest BCUT2D eigenvalue weighted by Gasteiger charge is -2.17. The van der Waals surface area contributed by atoms with E-state index in [2.05, 4.69) is 26.0 Å². The SMILES string of the molecule is CN(C)S(=O)Nc1cn(C)c(=O)cc1Nc1ccc(Br)cc1F. The van der Waals surface area contributed by atoms with Crippen LogP contribution in [0.15, 0.2) is 39.7 Å². The molecule has 0 amide bonds. The molecule has 2 N–H and O–H groups in total. The summed E-state index contributed by atoms with van der Waals surface area (Å²) >= 11 is 1.70. The van der Waals surface area contributed by atoms with Gasteiger partial charge in [0, 0.05) is 37.9 Å². The lowest BCUT2D eigenvalue weighted by atomic mass is 10.2. The van der Waals surface area contributed by atoms with Gasteiger partial charge in [-0.05, 0) is 18.2 Å². The van der Waals surface area contributed by atoms with Gasteiger partial charge in [-0.25, -0.2) is 12.9 Å². The summed E-state index contributed by atoms with van der Waals surface area (Å²) in [5.74, 6) is -0.472. The second kappa shape index (κ2) is 7.24. The van der Waals surface area contributed by atoms with Gasteiger partial charge in [0.25, 0.3) is 5.56 Å². The molecule has 1 aromatic carbocycles. The fourth-order valence-corrected chi connectivity index (χ4v) is 2.60. The van der Waals surface area contributed by atoms with Crippen molar-refractivity contribution in [3.05, 3.63) is 51.1 Å². The minimum absolute atomic E-state index is 0.208. The Hall–Kier alpha value is -1.71. The van der Waals surface area contributed by atoms with Crippen LogP contribution in [0.5, 0.6) is 0 Å².